The third kappa shape index (κ3) is 11.5. The van der Waals surface area contributed by atoms with Gasteiger partial charge in [-0.15, -0.1) is 11.8 Å². The highest BCUT2D eigenvalue weighted by molar-refractivity contribution is 9.11. The molecule has 0 aliphatic heterocycles. The standard InChI is InChI=1S/C16H25BrN2OS/c1-5-8-15(13(2)17)11-20-10-7-6-9-16(19-4)12-21-14(3)18/h5,8H,1-3,6-7,9-12,18H2,4H3/b15-8-,19-16?. The number of halogens is 1. The van der Waals surface area contributed by atoms with Crippen molar-refractivity contribution >= 4 is 33.4 Å². The lowest BCUT2D eigenvalue weighted by molar-refractivity contribution is 0.154. The Kier molecular flexibility index (Phi) is 12.4. The molecule has 0 fully saturated rings. The highest BCUT2D eigenvalue weighted by Gasteiger charge is 2.02. The fourth-order valence-corrected chi connectivity index (χ4v) is 2.37. The monoisotopic (exact) mass is 372 g/mol. The number of unbranched alkanes of at least 4 members (excludes halogenated alkanes) is 1. The van der Waals surface area contributed by atoms with Crippen LogP contribution in [0.5, 0.6) is 0 Å². The maximum atomic E-state index is 5.64. The third-order valence-corrected chi connectivity index (χ3v) is 4.03. The van der Waals surface area contributed by atoms with Gasteiger partial charge in [0.15, 0.2) is 0 Å². The molecule has 0 aliphatic rings. The van der Waals surface area contributed by atoms with Gasteiger partial charge >= 0.3 is 0 Å². The second-order valence-corrected chi connectivity index (χ2v) is 6.45. The normalized spacial score (nSPS) is 12.3. The molecule has 0 unspecified atom stereocenters. The zero-order chi connectivity index (χ0) is 16.1. The van der Waals surface area contributed by atoms with Gasteiger partial charge in [-0.2, -0.15) is 0 Å². The van der Waals surface area contributed by atoms with Crippen LogP contribution in [0.15, 0.2) is 52.0 Å². The van der Waals surface area contributed by atoms with Crippen molar-refractivity contribution in [2.75, 3.05) is 26.0 Å². The molecule has 0 spiro atoms. The molecule has 21 heavy (non-hydrogen) atoms. The van der Waals surface area contributed by atoms with Crippen LogP contribution in [0.1, 0.15) is 19.3 Å². The molecule has 0 saturated carbocycles. The van der Waals surface area contributed by atoms with Crippen molar-refractivity contribution in [3.05, 3.63) is 47.0 Å². The minimum Gasteiger partial charge on any atom is -0.394 e. The van der Waals surface area contributed by atoms with E-state index in [1.165, 1.54) is 11.8 Å². The van der Waals surface area contributed by atoms with Crippen LogP contribution < -0.4 is 5.73 Å². The molecular weight excluding hydrogens is 348 g/mol. The van der Waals surface area contributed by atoms with E-state index in [2.05, 4.69) is 40.7 Å². The summed E-state index contributed by atoms with van der Waals surface area (Å²) in [6.07, 6.45) is 6.66. The smallest absolute Gasteiger partial charge is 0.0727 e. The predicted octanol–water partition coefficient (Wildman–Crippen LogP) is 4.43. The maximum absolute atomic E-state index is 5.64. The number of nitrogens with two attached hydrogens (primary N) is 1. The summed E-state index contributed by atoms with van der Waals surface area (Å²) < 4.78 is 6.47. The van der Waals surface area contributed by atoms with Crippen LogP contribution in [-0.2, 0) is 4.74 Å². The van der Waals surface area contributed by atoms with Gasteiger partial charge in [0.1, 0.15) is 0 Å². The summed E-state index contributed by atoms with van der Waals surface area (Å²) in [5, 5.41) is 0.635. The minimum atomic E-state index is 0.549. The summed E-state index contributed by atoms with van der Waals surface area (Å²) in [4.78, 5) is 4.27. The first-order valence-electron chi connectivity index (χ1n) is 6.77. The van der Waals surface area contributed by atoms with E-state index in [9.17, 15) is 0 Å². The number of ether oxygens (including phenoxy) is 1. The van der Waals surface area contributed by atoms with Crippen LogP contribution in [-0.4, -0.2) is 31.7 Å². The molecule has 0 amide bonds. The minimum absolute atomic E-state index is 0.549. The summed E-state index contributed by atoms with van der Waals surface area (Å²) >= 11 is 4.89. The van der Waals surface area contributed by atoms with E-state index in [0.29, 0.717) is 11.6 Å². The number of allylic oxidation sites excluding steroid dienone is 2. The van der Waals surface area contributed by atoms with Crippen molar-refractivity contribution in [1.82, 2.24) is 0 Å². The lowest BCUT2D eigenvalue weighted by Gasteiger charge is -2.08. The van der Waals surface area contributed by atoms with Crippen LogP contribution in [0.4, 0.5) is 0 Å². The quantitative estimate of drug-likeness (QED) is 0.313. The second kappa shape index (κ2) is 12.9. The molecule has 0 radical (unpaired) electrons. The number of thioether (sulfide) groups is 1. The van der Waals surface area contributed by atoms with Crippen LogP contribution in [0.25, 0.3) is 0 Å². The molecule has 2 N–H and O–H groups in total. The zero-order valence-corrected chi connectivity index (χ0v) is 15.1. The summed E-state index contributed by atoms with van der Waals surface area (Å²) in [6.45, 7) is 12.5. The topological polar surface area (TPSA) is 47.6 Å². The first kappa shape index (κ1) is 20.2. The Morgan fingerprint density at radius 2 is 2.10 bits per heavy atom. The summed E-state index contributed by atoms with van der Waals surface area (Å²) in [6, 6.07) is 0. The van der Waals surface area contributed by atoms with Gasteiger partial charge in [0, 0.05) is 29.6 Å². The molecule has 0 aliphatic carbocycles. The lowest BCUT2D eigenvalue weighted by atomic mass is 10.2. The Balaban J connectivity index is 3.80. The lowest BCUT2D eigenvalue weighted by Crippen LogP contribution is -2.06. The van der Waals surface area contributed by atoms with Gasteiger partial charge in [0.05, 0.1) is 11.6 Å². The van der Waals surface area contributed by atoms with Crippen molar-refractivity contribution in [3.8, 4) is 0 Å². The van der Waals surface area contributed by atoms with E-state index in [1.807, 2.05) is 13.1 Å². The molecule has 0 heterocycles. The third-order valence-electron chi connectivity index (χ3n) is 2.67. The Morgan fingerprint density at radius 3 is 2.62 bits per heavy atom. The number of aliphatic imine (C=N–C) groups is 1. The number of hydrogen-bond donors (Lipinski definition) is 1. The number of rotatable bonds is 12. The van der Waals surface area contributed by atoms with Crippen molar-refractivity contribution in [3.63, 3.8) is 0 Å². The molecule has 0 aromatic carbocycles. The number of hydrogen-bond acceptors (Lipinski definition) is 4. The van der Waals surface area contributed by atoms with Crippen molar-refractivity contribution in [2.45, 2.75) is 19.3 Å². The first-order chi connectivity index (χ1) is 10.0. The second-order valence-electron chi connectivity index (χ2n) is 4.39. The molecule has 0 aromatic rings. The molecule has 0 aromatic heterocycles. The number of nitrogens with zero attached hydrogens (tertiary/aromatic N) is 1. The first-order valence-corrected chi connectivity index (χ1v) is 8.55. The van der Waals surface area contributed by atoms with E-state index in [0.717, 1.165) is 47.4 Å². The molecule has 0 atom stereocenters. The Morgan fingerprint density at radius 1 is 1.38 bits per heavy atom. The summed E-state index contributed by atoms with van der Waals surface area (Å²) in [5.74, 6) is 0.822. The van der Waals surface area contributed by atoms with Gasteiger partial charge < -0.3 is 10.5 Å². The van der Waals surface area contributed by atoms with E-state index >= 15 is 0 Å². The summed E-state index contributed by atoms with van der Waals surface area (Å²) in [5.41, 5.74) is 7.71. The zero-order valence-electron chi connectivity index (χ0n) is 12.7. The van der Waals surface area contributed by atoms with Crippen molar-refractivity contribution in [1.29, 1.82) is 0 Å². The maximum Gasteiger partial charge on any atom is 0.0727 e. The Bertz CT molecular complexity index is 417. The van der Waals surface area contributed by atoms with Gasteiger partial charge in [-0.1, -0.05) is 47.8 Å². The van der Waals surface area contributed by atoms with Gasteiger partial charge in [-0.05, 0) is 24.8 Å². The van der Waals surface area contributed by atoms with E-state index in [1.54, 1.807) is 6.08 Å². The Labute approximate surface area is 141 Å². The van der Waals surface area contributed by atoms with Crippen molar-refractivity contribution < 1.29 is 4.74 Å². The van der Waals surface area contributed by atoms with Crippen LogP contribution in [0, 0.1) is 0 Å². The highest BCUT2D eigenvalue weighted by atomic mass is 79.9. The summed E-state index contributed by atoms with van der Waals surface area (Å²) in [7, 11) is 1.82. The molecule has 118 valence electrons. The largest absolute Gasteiger partial charge is 0.394 e. The van der Waals surface area contributed by atoms with Gasteiger partial charge in [0.2, 0.25) is 0 Å². The molecule has 0 rings (SSSR count). The van der Waals surface area contributed by atoms with Crippen LogP contribution in [0.3, 0.4) is 0 Å². The van der Waals surface area contributed by atoms with Gasteiger partial charge in [0.25, 0.3) is 0 Å². The van der Waals surface area contributed by atoms with E-state index in [4.69, 9.17) is 10.5 Å². The molecule has 0 saturated heterocycles. The van der Waals surface area contributed by atoms with Gasteiger partial charge in [-0.3, -0.25) is 4.99 Å². The SMILES string of the molecule is C=C/C=C(/COCCCCC(CSC(=C)N)=NC)C(=C)Br. The van der Waals surface area contributed by atoms with Crippen molar-refractivity contribution in [2.24, 2.45) is 10.7 Å². The highest BCUT2D eigenvalue weighted by Crippen LogP contribution is 2.15. The molecule has 0 bridgehead atoms. The average Bonchev–Trinajstić information content (AvgIpc) is 2.43. The predicted molar refractivity (Wildman–Crippen MR) is 100 cm³/mol. The average molecular weight is 373 g/mol. The van der Waals surface area contributed by atoms with E-state index in [-0.39, 0.29) is 0 Å². The van der Waals surface area contributed by atoms with E-state index < -0.39 is 0 Å². The molecular formula is C16H25BrN2OS. The molecule has 5 heteroatoms. The molecule has 3 nitrogen and oxygen atoms in total. The van der Waals surface area contributed by atoms with Gasteiger partial charge in [-0.25, -0.2) is 0 Å². The fourth-order valence-electron chi connectivity index (χ4n) is 1.50. The van der Waals surface area contributed by atoms with Crippen LogP contribution in [0.2, 0.25) is 0 Å². The van der Waals surface area contributed by atoms with Crippen LogP contribution >= 0.6 is 27.7 Å². The Hall–Kier alpha value is -0.780. The fraction of sp³-hybridized carbons (Fsp3) is 0.438.